The largest absolute Gasteiger partial charge is 0.350 e. The van der Waals surface area contributed by atoms with Gasteiger partial charge in [0.15, 0.2) is 0 Å². The van der Waals surface area contributed by atoms with Crippen LogP contribution in [0.5, 0.6) is 0 Å². The van der Waals surface area contributed by atoms with Crippen LogP contribution in [0, 0.1) is 15.5 Å². The number of nitrogens with zero attached hydrogens (tertiary/aromatic N) is 2. The molecule has 0 saturated carbocycles. The summed E-state index contributed by atoms with van der Waals surface area (Å²) in [4.78, 5) is 10.6. The standard InChI is InChI=1S/C21H20N2O2/c1-21(2)12-19-20(16-6-4-3-5-7-16)18(13-22(19)14-21)15-8-10-17(11-9-15)23(24)25/h3-11,13H,12,14H2,1-2H3. The van der Waals surface area contributed by atoms with Crippen LogP contribution in [0.2, 0.25) is 0 Å². The summed E-state index contributed by atoms with van der Waals surface area (Å²) in [6.45, 7) is 5.58. The van der Waals surface area contributed by atoms with Crippen molar-refractivity contribution in [1.82, 2.24) is 4.57 Å². The van der Waals surface area contributed by atoms with E-state index in [4.69, 9.17) is 0 Å². The lowest BCUT2D eigenvalue weighted by Gasteiger charge is -2.16. The molecule has 2 aromatic carbocycles. The van der Waals surface area contributed by atoms with Gasteiger partial charge in [-0.1, -0.05) is 44.2 Å². The van der Waals surface area contributed by atoms with Gasteiger partial charge in [-0.05, 0) is 35.1 Å². The molecule has 3 aromatic rings. The van der Waals surface area contributed by atoms with Crippen LogP contribution in [-0.2, 0) is 13.0 Å². The fourth-order valence-corrected chi connectivity index (χ4v) is 3.81. The minimum absolute atomic E-state index is 0.123. The highest BCUT2D eigenvalue weighted by molar-refractivity contribution is 5.86. The molecule has 0 saturated heterocycles. The number of benzene rings is 2. The third-order valence-corrected chi connectivity index (χ3v) is 4.89. The summed E-state index contributed by atoms with van der Waals surface area (Å²) in [6.07, 6.45) is 3.23. The van der Waals surface area contributed by atoms with Gasteiger partial charge in [-0.3, -0.25) is 10.1 Å². The number of aromatic nitrogens is 1. The van der Waals surface area contributed by atoms with Gasteiger partial charge in [-0.2, -0.15) is 0 Å². The molecule has 1 aliphatic heterocycles. The van der Waals surface area contributed by atoms with E-state index in [-0.39, 0.29) is 16.0 Å². The zero-order valence-electron chi connectivity index (χ0n) is 14.4. The number of fused-ring (bicyclic) bond motifs is 1. The lowest BCUT2D eigenvalue weighted by atomic mass is 9.87. The molecule has 0 bridgehead atoms. The Kier molecular flexibility index (Phi) is 3.49. The third-order valence-electron chi connectivity index (χ3n) is 4.89. The molecule has 126 valence electrons. The lowest BCUT2D eigenvalue weighted by molar-refractivity contribution is -0.384. The molecule has 1 aromatic heterocycles. The van der Waals surface area contributed by atoms with Crippen LogP contribution in [-0.4, -0.2) is 9.49 Å². The Hall–Kier alpha value is -2.88. The van der Waals surface area contributed by atoms with Gasteiger partial charge in [0.05, 0.1) is 4.92 Å². The second kappa shape index (κ2) is 5.59. The first-order valence-corrected chi connectivity index (χ1v) is 8.47. The average Bonchev–Trinajstić information content (AvgIpc) is 3.07. The molecule has 4 nitrogen and oxygen atoms in total. The third kappa shape index (κ3) is 2.74. The Morgan fingerprint density at radius 3 is 2.32 bits per heavy atom. The summed E-state index contributed by atoms with van der Waals surface area (Å²) >= 11 is 0. The van der Waals surface area contributed by atoms with Gasteiger partial charge in [-0.25, -0.2) is 0 Å². The molecule has 4 heteroatoms. The Morgan fingerprint density at radius 1 is 1.00 bits per heavy atom. The minimum Gasteiger partial charge on any atom is -0.350 e. The number of nitro groups is 1. The fourth-order valence-electron chi connectivity index (χ4n) is 3.81. The molecular formula is C21H20N2O2. The smallest absolute Gasteiger partial charge is 0.269 e. The molecule has 4 rings (SSSR count). The zero-order valence-corrected chi connectivity index (χ0v) is 14.4. The fraction of sp³-hybridized carbons (Fsp3) is 0.238. The summed E-state index contributed by atoms with van der Waals surface area (Å²) in [5, 5.41) is 10.9. The first kappa shape index (κ1) is 15.6. The van der Waals surface area contributed by atoms with Crippen molar-refractivity contribution in [3.8, 4) is 22.3 Å². The molecule has 1 aliphatic rings. The van der Waals surface area contributed by atoms with Crippen molar-refractivity contribution < 1.29 is 4.92 Å². The monoisotopic (exact) mass is 332 g/mol. The van der Waals surface area contributed by atoms with E-state index in [1.54, 1.807) is 12.1 Å². The van der Waals surface area contributed by atoms with Crippen LogP contribution < -0.4 is 0 Å². The summed E-state index contributed by atoms with van der Waals surface area (Å²) < 4.78 is 2.35. The van der Waals surface area contributed by atoms with E-state index in [1.165, 1.54) is 16.8 Å². The number of non-ortho nitro benzene ring substituents is 1. The van der Waals surface area contributed by atoms with Crippen molar-refractivity contribution in [2.24, 2.45) is 5.41 Å². The van der Waals surface area contributed by atoms with Gasteiger partial charge < -0.3 is 4.57 Å². The van der Waals surface area contributed by atoms with Gasteiger partial charge in [0, 0.05) is 41.7 Å². The lowest BCUT2D eigenvalue weighted by Crippen LogP contribution is -2.12. The predicted octanol–water partition coefficient (Wildman–Crippen LogP) is 5.31. The van der Waals surface area contributed by atoms with E-state index in [2.05, 4.69) is 48.9 Å². The quantitative estimate of drug-likeness (QED) is 0.482. The van der Waals surface area contributed by atoms with E-state index in [0.29, 0.717) is 0 Å². The SMILES string of the molecule is CC1(C)Cc2c(-c3ccccc3)c(-c3ccc([N+](=O)[O-])cc3)cn2C1. The highest BCUT2D eigenvalue weighted by Gasteiger charge is 2.32. The van der Waals surface area contributed by atoms with Crippen molar-refractivity contribution in [3.05, 3.63) is 76.6 Å². The predicted molar refractivity (Wildman–Crippen MR) is 99.4 cm³/mol. The van der Waals surface area contributed by atoms with E-state index in [1.807, 2.05) is 18.2 Å². The maximum Gasteiger partial charge on any atom is 0.269 e. The summed E-state index contributed by atoms with van der Waals surface area (Å²) in [7, 11) is 0. The Balaban J connectivity index is 1.88. The molecule has 0 fully saturated rings. The molecular weight excluding hydrogens is 312 g/mol. The van der Waals surface area contributed by atoms with Gasteiger partial charge in [0.2, 0.25) is 0 Å². The number of hydrogen-bond acceptors (Lipinski definition) is 2. The van der Waals surface area contributed by atoms with Gasteiger partial charge in [0.1, 0.15) is 0 Å². The molecule has 2 heterocycles. The molecule has 0 radical (unpaired) electrons. The van der Waals surface area contributed by atoms with Crippen molar-refractivity contribution in [2.45, 2.75) is 26.8 Å². The van der Waals surface area contributed by atoms with E-state index in [9.17, 15) is 10.1 Å². The minimum atomic E-state index is -0.357. The van der Waals surface area contributed by atoms with Crippen molar-refractivity contribution >= 4 is 5.69 Å². The highest BCUT2D eigenvalue weighted by Crippen LogP contribution is 2.44. The Labute approximate surface area is 146 Å². The second-order valence-electron chi connectivity index (χ2n) is 7.50. The van der Waals surface area contributed by atoms with E-state index >= 15 is 0 Å². The first-order valence-electron chi connectivity index (χ1n) is 8.47. The molecule has 0 unspecified atom stereocenters. The summed E-state index contributed by atoms with van der Waals surface area (Å²) in [5.41, 5.74) is 6.34. The number of nitro benzene ring substituents is 1. The zero-order chi connectivity index (χ0) is 17.6. The van der Waals surface area contributed by atoms with E-state index in [0.717, 1.165) is 24.1 Å². The molecule has 25 heavy (non-hydrogen) atoms. The summed E-state index contributed by atoms with van der Waals surface area (Å²) in [5.74, 6) is 0. The molecule has 0 aliphatic carbocycles. The van der Waals surface area contributed by atoms with Gasteiger partial charge in [0.25, 0.3) is 5.69 Å². The van der Waals surface area contributed by atoms with Crippen LogP contribution in [0.3, 0.4) is 0 Å². The highest BCUT2D eigenvalue weighted by atomic mass is 16.6. The van der Waals surface area contributed by atoms with E-state index < -0.39 is 0 Å². The maximum absolute atomic E-state index is 10.9. The summed E-state index contributed by atoms with van der Waals surface area (Å²) in [6, 6.07) is 17.3. The van der Waals surface area contributed by atoms with Crippen molar-refractivity contribution in [3.63, 3.8) is 0 Å². The van der Waals surface area contributed by atoms with Crippen molar-refractivity contribution in [2.75, 3.05) is 0 Å². The molecule has 0 spiro atoms. The Morgan fingerprint density at radius 2 is 1.68 bits per heavy atom. The van der Waals surface area contributed by atoms with Crippen molar-refractivity contribution in [1.29, 1.82) is 0 Å². The van der Waals surface area contributed by atoms with Gasteiger partial charge in [-0.15, -0.1) is 0 Å². The number of rotatable bonds is 3. The Bertz CT molecular complexity index is 938. The van der Waals surface area contributed by atoms with Crippen LogP contribution in [0.15, 0.2) is 60.8 Å². The van der Waals surface area contributed by atoms with Crippen LogP contribution in [0.4, 0.5) is 5.69 Å². The molecule has 0 N–H and O–H groups in total. The van der Waals surface area contributed by atoms with Crippen LogP contribution in [0.25, 0.3) is 22.3 Å². The molecule has 0 amide bonds. The maximum atomic E-state index is 10.9. The second-order valence-corrected chi connectivity index (χ2v) is 7.50. The normalized spacial score (nSPS) is 15.1. The number of hydrogen-bond donors (Lipinski definition) is 0. The first-order chi connectivity index (χ1) is 11.9. The average molecular weight is 332 g/mol. The van der Waals surface area contributed by atoms with Crippen LogP contribution in [0.1, 0.15) is 19.5 Å². The van der Waals surface area contributed by atoms with Crippen LogP contribution >= 0.6 is 0 Å². The topological polar surface area (TPSA) is 48.1 Å². The van der Waals surface area contributed by atoms with Gasteiger partial charge >= 0.3 is 0 Å². The molecule has 0 atom stereocenters.